The molecule has 1 aromatic carbocycles. The average Bonchev–Trinajstić information content (AvgIpc) is 3.42. The number of carboxylic acid groups (broad SMARTS) is 1. The Morgan fingerprint density at radius 3 is 2.19 bits per heavy atom. The third-order valence-corrected chi connectivity index (χ3v) is 8.77. The lowest BCUT2D eigenvalue weighted by atomic mass is 9.93. The fourth-order valence-electron chi connectivity index (χ4n) is 4.90. The van der Waals surface area contributed by atoms with Crippen LogP contribution < -0.4 is 0 Å². The Labute approximate surface area is 178 Å². The van der Waals surface area contributed by atoms with Crippen LogP contribution in [0.15, 0.2) is 24.3 Å². The summed E-state index contributed by atoms with van der Waals surface area (Å²) in [6.07, 6.45) is -3.39. The zero-order chi connectivity index (χ0) is 22.4. The quantitative estimate of drug-likeness (QED) is 0.741. The molecule has 0 amide bonds. The molecule has 2 aliphatic carbocycles. The number of benzene rings is 1. The van der Waals surface area contributed by atoms with Crippen molar-refractivity contribution in [1.29, 1.82) is 0 Å². The molecule has 7 nitrogen and oxygen atoms in total. The van der Waals surface area contributed by atoms with Gasteiger partial charge in [0.05, 0.1) is 18.5 Å². The predicted molar refractivity (Wildman–Crippen MR) is 105 cm³/mol. The van der Waals surface area contributed by atoms with Crippen molar-refractivity contribution in [3.8, 4) is 0 Å². The van der Waals surface area contributed by atoms with Crippen molar-refractivity contribution in [1.82, 2.24) is 9.21 Å². The highest BCUT2D eigenvalue weighted by Crippen LogP contribution is 2.53. The van der Waals surface area contributed by atoms with Crippen molar-refractivity contribution < 1.29 is 36.2 Å². The Bertz CT molecular complexity index is 929. The number of aliphatic carboxylic acids is 1. The van der Waals surface area contributed by atoms with Gasteiger partial charge in [-0.15, -0.1) is 0 Å². The van der Waals surface area contributed by atoms with E-state index in [1.54, 1.807) is 4.31 Å². The maximum Gasteiger partial charge on any atom is 0.490 e. The first-order valence-electron chi connectivity index (χ1n) is 10.3. The molecule has 5 rings (SSSR count). The van der Waals surface area contributed by atoms with Crippen molar-refractivity contribution in [2.45, 2.75) is 36.2 Å². The highest BCUT2D eigenvalue weighted by atomic mass is 32.2. The van der Waals surface area contributed by atoms with E-state index in [2.05, 4.69) is 29.2 Å². The number of ether oxygens (including phenoxy) is 1. The number of morpholine rings is 1. The molecule has 0 aromatic heterocycles. The smallest absolute Gasteiger partial charge is 0.475 e. The maximum atomic E-state index is 12.7. The molecule has 3 fully saturated rings. The predicted octanol–water partition coefficient (Wildman–Crippen LogP) is 2.21. The number of sulfonamides is 1. The fraction of sp³-hybridized carbons (Fsp3) is 0.650. The number of hydrogen-bond acceptors (Lipinski definition) is 5. The van der Waals surface area contributed by atoms with Crippen molar-refractivity contribution in [3.63, 3.8) is 0 Å². The molecule has 0 radical (unpaired) electrons. The van der Waals surface area contributed by atoms with E-state index in [4.69, 9.17) is 14.6 Å². The monoisotopic (exact) mass is 462 g/mol. The van der Waals surface area contributed by atoms with Crippen LogP contribution in [0.3, 0.4) is 0 Å². The summed E-state index contributed by atoms with van der Waals surface area (Å²) in [5.41, 5.74) is 2.78. The van der Waals surface area contributed by atoms with Gasteiger partial charge in [0.2, 0.25) is 10.0 Å². The first-order chi connectivity index (χ1) is 14.6. The minimum atomic E-state index is -5.08. The van der Waals surface area contributed by atoms with Crippen molar-refractivity contribution in [2.24, 2.45) is 5.92 Å². The molecule has 0 spiro atoms. The van der Waals surface area contributed by atoms with E-state index in [1.807, 2.05) is 0 Å². The van der Waals surface area contributed by atoms with Gasteiger partial charge in [-0.2, -0.15) is 13.2 Å². The third kappa shape index (κ3) is 4.46. The van der Waals surface area contributed by atoms with Crippen LogP contribution in [0.25, 0.3) is 0 Å². The summed E-state index contributed by atoms with van der Waals surface area (Å²) in [7, 11) is -3.07. The van der Waals surface area contributed by atoms with E-state index in [0.29, 0.717) is 31.0 Å². The molecule has 1 aromatic rings. The molecule has 1 N–H and O–H groups in total. The van der Waals surface area contributed by atoms with Crippen LogP contribution in [-0.4, -0.2) is 79.5 Å². The van der Waals surface area contributed by atoms with Crippen LogP contribution in [0.2, 0.25) is 0 Å². The lowest BCUT2D eigenvalue weighted by Gasteiger charge is -2.36. The second-order valence-electron chi connectivity index (χ2n) is 8.36. The van der Waals surface area contributed by atoms with E-state index in [9.17, 15) is 21.6 Å². The van der Waals surface area contributed by atoms with Gasteiger partial charge in [-0.05, 0) is 24.0 Å². The minimum Gasteiger partial charge on any atom is -0.475 e. The van der Waals surface area contributed by atoms with Gasteiger partial charge in [-0.3, -0.25) is 4.90 Å². The molecule has 4 aliphatic rings. The molecule has 3 atom stereocenters. The Morgan fingerprint density at radius 1 is 1.06 bits per heavy atom. The number of rotatable bonds is 3. The number of fused-ring (bicyclic) bond motifs is 3. The zero-order valence-electron chi connectivity index (χ0n) is 16.8. The first-order valence-corrected chi connectivity index (χ1v) is 11.8. The Hall–Kier alpha value is -1.69. The van der Waals surface area contributed by atoms with Crippen molar-refractivity contribution in [2.75, 3.05) is 39.4 Å². The lowest BCUT2D eigenvalue weighted by molar-refractivity contribution is -0.192. The highest BCUT2D eigenvalue weighted by Gasteiger charge is 2.52. The molecule has 1 saturated carbocycles. The van der Waals surface area contributed by atoms with E-state index in [-0.39, 0.29) is 5.25 Å². The lowest BCUT2D eigenvalue weighted by Crippen LogP contribution is -2.42. The topological polar surface area (TPSA) is 87.1 Å². The molecular weight excluding hydrogens is 437 g/mol. The minimum absolute atomic E-state index is 0.103. The standard InChI is InChI=1S/C18H24N2O3S.C2HF3O2/c21-24(22,13-5-6-13)20-11-16-14-3-1-2-4-15(14)18(17(16)12-20)19-7-9-23-10-8-19;3-2(4,5)1(6)7/h1-4,13,16-18H,5-12H2;(H,6,7)/t16-,17-,18-;/m0./s1. The van der Waals surface area contributed by atoms with E-state index >= 15 is 0 Å². The van der Waals surface area contributed by atoms with E-state index in [1.165, 1.54) is 11.1 Å². The molecule has 172 valence electrons. The summed E-state index contributed by atoms with van der Waals surface area (Å²) in [5.74, 6) is -2.02. The van der Waals surface area contributed by atoms with E-state index in [0.717, 1.165) is 39.1 Å². The molecule has 2 heterocycles. The zero-order valence-corrected chi connectivity index (χ0v) is 17.6. The van der Waals surface area contributed by atoms with Crippen LogP contribution in [-0.2, 0) is 19.6 Å². The molecule has 31 heavy (non-hydrogen) atoms. The maximum absolute atomic E-state index is 12.7. The fourth-order valence-corrected chi connectivity index (χ4v) is 6.80. The summed E-state index contributed by atoms with van der Waals surface area (Å²) < 4.78 is 64.5. The van der Waals surface area contributed by atoms with Gasteiger partial charge >= 0.3 is 12.1 Å². The largest absolute Gasteiger partial charge is 0.490 e. The molecule has 11 heteroatoms. The van der Waals surface area contributed by atoms with Crippen LogP contribution in [0, 0.1) is 5.92 Å². The van der Waals surface area contributed by atoms with Gasteiger partial charge in [0.25, 0.3) is 0 Å². The number of carbonyl (C=O) groups is 1. The van der Waals surface area contributed by atoms with Crippen LogP contribution in [0.1, 0.15) is 35.9 Å². The van der Waals surface area contributed by atoms with Gasteiger partial charge in [-0.25, -0.2) is 17.5 Å². The number of hydrogen-bond donors (Lipinski definition) is 1. The molecule has 2 aliphatic heterocycles. The molecule has 0 bridgehead atoms. The Kier molecular flexibility index (Phi) is 6.06. The van der Waals surface area contributed by atoms with Crippen LogP contribution >= 0.6 is 0 Å². The number of alkyl halides is 3. The van der Waals surface area contributed by atoms with E-state index < -0.39 is 22.2 Å². The Morgan fingerprint density at radius 2 is 1.65 bits per heavy atom. The van der Waals surface area contributed by atoms with Crippen LogP contribution in [0.4, 0.5) is 13.2 Å². The van der Waals surface area contributed by atoms with Gasteiger partial charge in [0.15, 0.2) is 0 Å². The first kappa shape index (κ1) is 22.5. The second kappa shape index (κ2) is 8.34. The number of nitrogens with zero attached hydrogens (tertiary/aromatic N) is 2. The van der Waals surface area contributed by atoms with Gasteiger partial charge in [0.1, 0.15) is 0 Å². The average molecular weight is 462 g/mol. The van der Waals surface area contributed by atoms with Gasteiger partial charge < -0.3 is 9.84 Å². The van der Waals surface area contributed by atoms with Crippen LogP contribution in [0.5, 0.6) is 0 Å². The molecule has 2 saturated heterocycles. The SMILES string of the molecule is O=C(O)C(F)(F)F.O=S(=O)(C1CC1)N1C[C@H]2[C@@H](C1)c1ccccc1[C@@H]2N1CCOCC1. The van der Waals surface area contributed by atoms with Crippen molar-refractivity contribution >= 4 is 16.0 Å². The number of carboxylic acids is 1. The Balaban J connectivity index is 0.000000289. The summed E-state index contributed by atoms with van der Waals surface area (Å²) in [6, 6.07) is 9.00. The van der Waals surface area contributed by atoms with Crippen molar-refractivity contribution in [3.05, 3.63) is 35.4 Å². The second-order valence-corrected chi connectivity index (χ2v) is 10.6. The third-order valence-electron chi connectivity index (χ3n) is 6.44. The number of halogens is 3. The summed E-state index contributed by atoms with van der Waals surface area (Å²) in [5, 5.41) is 7.02. The summed E-state index contributed by atoms with van der Waals surface area (Å²) >= 11 is 0. The molecular formula is C20H25F3N2O5S. The highest BCUT2D eigenvalue weighted by molar-refractivity contribution is 7.90. The molecule has 0 unspecified atom stereocenters. The normalized spacial score (nSPS) is 29.1. The van der Waals surface area contributed by atoms with Gasteiger partial charge in [0, 0.05) is 44.1 Å². The summed E-state index contributed by atoms with van der Waals surface area (Å²) in [6.45, 7) is 4.79. The summed E-state index contributed by atoms with van der Waals surface area (Å²) in [4.78, 5) is 11.4. The van der Waals surface area contributed by atoms with Gasteiger partial charge in [-0.1, -0.05) is 24.3 Å².